The van der Waals surface area contributed by atoms with E-state index >= 15 is 0 Å². The van der Waals surface area contributed by atoms with Crippen LogP contribution in [0.5, 0.6) is 0 Å². The van der Waals surface area contributed by atoms with E-state index in [1.165, 1.54) is 106 Å². The molecule has 7 rings (SSSR count). The first-order valence-corrected chi connectivity index (χ1v) is 19.2. The van der Waals surface area contributed by atoms with E-state index in [4.69, 9.17) is 0 Å². The number of hydrogen-bond acceptors (Lipinski definition) is 0. The number of hydrogen-bond donors (Lipinski definition) is 0. The Kier molecular flexibility index (Phi) is 16.8. The van der Waals surface area contributed by atoms with Gasteiger partial charge in [0.2, 0.25) is 0 Å². The van der Waals surface area contributed by atoms with Gasteiger partial charge in [-0.25, -0.2) is 0 Å². The molecule has 0 N–H and O–H groups in total. The first kappa shape index (κ1) is 42.3. The number of halogens is 2. The SMILES string of the molecule is Cc1cc2c(-c3cccc4ccccc34)ccc(C)c2[cH-]1.Cc1ccc(-c2cccc3[cH-]c(C(C)C)cc23)cc1C.Cl.Cl.[CH3-].[CH3-].[Si]=[Zr]. The van der Waals surface area contributed by atoms with Crippen molar-refractivity contribution in [2.24, 2.45) is 0 Å². The van der Waals surface area contributed by atoms with E-state index in [2.05, 4.69) is 164 Å². The first-order chi connectivity index (χ1) is 20.8. The first-order valence-electron chi connectivity index (χ1n) is 15.0. The summed E-state index contributed by atoms with van der Waals surface area (Å²) in [6.07, 6.45) is 0. The topological polar surface area (TPSA) is 0 Å². The Balaban J connectivity index is 0.000000414. The molecule has 47 heavy (non-hydrogen) atoms. The molecule has 0 aliphatic rings. The summed E-state index contributed by atoms with van der Waals surface area (Å²) in [5.41, 5.74) is 12.1. The minimum absolute atomic E-state index is 0. The van der Waals surface area contributed by atoms with Gasteiger partial charge in [0.25, 0.3) is 0 Å². The van der Waals surface area contributed by atoms with E-state index in [9.17, 15) is 0 Å². The zero-order chi connectivity index (χ0) is 30.7. The van der Waals surface area contributed by atoms with Gasteiger partial charge >= 0.3 is 30.2 Å². The molecule has 2 radical (unpaired) electrons. The maximum atomic E-state index is 3.06. The summed E-state index contributed by atoms with van der Waals surface area (Å²) in [5.74, 6) is 0.579. The van der Waals surface area contributed by atoms with E-state index in [1.807, 2.05) is 0 Å². The van der Waals surface area contributed by atoms with Gasteiger partial charge in [-0.15, -0.1) is 93.4 Å². The fourth-order valence-electron chi connectivity index (χ4n) is 6.04. The van der Waals surface area contributed by atoms with Crippen molar-refractivity contribution < 1.29 is 23.3 Å². The van der Waals surface area contributed by atoms with Crippen LogP contribution in [0.3, 0.4) is 0 Å². The van der Waals surface area contributed by atoms with Crippen LogP contribution in [0.1, 0.15) is 47.6 Å². The third kappa shape index (κ3) is 9.04. The molecule has 0 spiro atoms. The second-order valence-corrected chi connectivity index (χ2v) is 11.9. The van der Waals surface area contributed by atoms with E-state index in [1.54, 1.807) is 0 Å². The molecule has 0 aliphatic carbocycles. The molecule has 0 aliphatic heterocycles. The van der Waals surface area contributed by atoms with Gasteiger partial charge in [-0.3, -0.25) is 0 Å². The predicted molar refractivity (Wildman–Crippen MR) is 214 cm³/mol. The molecule has 244 valence electrons. The molecule has 0 saturated heterocycles. The molecular formula is C43H46Cl2SiZr-4. The van der Waals surface area contributed by atoms with Gasteiger partial charge in [0.15, 0.2) is 0 Å². The molecule has 0 unspecified atom stereocenters. The van der Waals surface area contributed by atoms with Crippen molar-refractivity contribution in [1.82, 2.24) is 0 Å². The average Bonchev–Trinajstić information content (AvgIpc) is 3.64. The van der Waals surface area contributed by atoms with Crippen molar-refractivity contribution in [2.75, 3.05) is 0 Å². The maximum absolute atomic E-state index is 3.06. The van der Waals surface area contributed by atoms with Crippen LogP contribution in [0.4, 0.5) is 0 Å². The van der Waals surface area contributed by atoms with Crippen molar-refractivity contribution in [3.05, 3.63) is 158 Å². The normalized spacial score (nSPS) is 10.0. The molecule has 0 fully saturated rings. The summed E-state index contributed by atoms with van der Waals surface area (Å²) >= 11 is 1.36. The second kappa shape index (κ2) is 18.7. The van der Waals surface area contributed by atoms with E-state index in [0.717, 1.165) is 0 Å². The van der Waals surface area contributed by atoms with Gasteiger partial charge in [0.05, 0.1) is 0 Å². The molecular weight excluding hydrogens is 707 g/mol. The molecule has 0 bridgehead atoms. The predicted octanol–water partition coefficient (Wildman–Crippen LogP) is 13.3. The number of benzene rings is 5. The van der Waals surface area contributed by atoms with Crippen LogP contribution in [-0.2, 0) is 23.3 Å². The van der Waals surface area contributed by atoms with Gasteiger partial charge in [0, 0.05) is 0 Å². The van der Waals surface area contributed by atoms with Crippen LogP contribution < -0.4 is 0 Å². The van der Waals surface area contributed by atoms with E-state index < -0.39 is 0 Å². The van der Waals surface area contributed by atoms with E-state index in [0.29, 0.717) is 5.92 Å². The van der Waals surface area contributed by atoms with Crippen LogP contribution in [-0.4, -0.2) is 6.88 Å². The fourth-order valence-corrected chi connectivity index (χ4v) is 6.04. The van der Waals surface area contributed by atoms with Crippen LogP contribution >= 0.6 is 24.8 Å². The van der Waals surface area contributed by atoms with Crippen molar-refractivity contribution >= 4 is 64.0 Å². The number of aryl methyl sites for hydroxylation is 4. The van der Waals surface area contributed by atoms with Crippen LogP contribution in [0, 0.1) is 42.5 Å². The Bertz CT molecular complexity index is 2040. The summed E-state index contributed by atoms with van der Waals surface area (Å²) in [4.78, 5) is 0. The average molecular weight is 753 g/mol. The summed E-state index contributed by atoms with van der Waals surface area (Å²) in [6.45, 7) is 16.3. The molecule has 0 atom stereocenters. The molecule has 0 nitrogen and oxygen atoms in total. The zero-order valence-corrected chi connectivity index (χ0v) is 34.0. The Labute approximate surface area is 312 Å². The van der Waals surface area contributed by atoms with Crippen LogP contribution in [0.25, 0.3) is 54.6 Å². The Hall–Kier alpha value is -2.74. The molecule has 0 heterocycles. The Morgan fingerprint density at radius 2 is 1.17 bits per heavy atom. The monoisotopic (exact) mass is 750 g/mol. The van der Waals surface area contributed by atoms with Gasteiger partial charge in [-0.2, -0.15) is 12.1 Å². The van der Waals surface area contributed by atoms with Crippen LogP contribution in [0.15, 0.2) is 115 Å². The molecule has 7 aromatic rings. The molecule has 4 heteroatoms. The molecule has 0 amide bonds. The third-order valence-corrected chi connectivity index (χ3v) is 8.59. The fraction of sp³-hybridized carbons (Fsp3) is 0.163. The van der Waals surface area contributed by atoms with Crippen molar-refractivity contribution in [3.63, 3.8) is 0 Å². The van der Waals surface area contributed by atoms with Crippen molar-refractivity contribution in [3.8, 4) is 22.3 Å². The van der Waals surface area contributed by atoms with Gasteiger partial charge in [-0.05, 0) is 52.8 Å². The summed E-state index contributed by atoms with van der Waals surface area (Å²) in [7, 11) is 0. The third-order valence-electron chi connectivity index (χ3n) is 8.59. The van der Waals surface area contributed by atoms with Crippen LogP contribution in [0.2, 0.25) is 0 Å². The molecule has 0 saturated carbocycles. The standard InChI is InChI=1S/C21H17.C20H21.2CH3.2ClH.Si.Zr/c1-14-12-20-15(2)10-11-19(21(20)13-14)18-9-5-7-16-6-3-4-8-17(16)18;1-13(2)18-11-16-6-5-7-19(20(16)12-18)17-9-8-14(3)15(4)10-17;;;;;;/h3-13H,1-2H3;5-13H,1-4H3;2*1H3;2*1H;;/q4*-1;;;;. The Morgan fingerprint density at radius 1 is 0.553 bits per heavy atom. The quantitative estimate of drug-likeness (QED) is 0.125. The number of rotatable bonds is 3. The summed E-state index contributed by atoms with van der Waals surface area (Å²) < 4.78 is 0. The Morgan fingerprint density at radius 3 is 1.87 bits per heavy atom. The van der Waals surface area contributed by atoms with Gasteiger partial charge in [-0.1, -0.05) is 112 Å². The zero-order valence-electron chi connectivity index (χ0n) is 28.9. The number of fused-ring (bicyclic) bond motifs is 3. The summed E-state index contributed by atoms with van der Waals surface area (Å²) in [5, 5.41) is 8.08. The van der Waals surface area contributed by atoms with Gasteiger partial charge in [0.1, 0.15) is 0 Å². The van der Waals surface area contributed by atoms with Gasteiger partial charge < -0.3 is 14.9 Å². The minimum atomic E-state index is 0. The van der Waals surface area contributed by atoms with E-state index in [-0.39, 0.29) is 39.7 Å². The molecule has 7 aromatic carbocycles. The van der Waals surface area contributed by atoms with Crippen molar-refractivity contribution in [2.45, 2.75) is 47.5 Å². The van der Waals surface area contributed by atoms with Crippen molar-refractivity contribution in [1.29, 1.82) is 0 Å². The molecule has 0 aromatic heterocycles. The second-order valence-electron chi connectivity index (χ2n) is 11.9. The summed E-state index contributed by atoms with van der Waals surface area (Å²) in [6, 6.07) is 42.3.